The molecule has 0 bridgehead atoms. The predicted molar refractivity (Wildman–Crippen MR) is 82.8 cm³/mol. The van der Waals surface area contributed by atoms with E-state index in [1.165, 1.54) is 12.0 Å². The molecular formula is C17H22N2O2. The first-order valence-electron chi connectivity index (χ1n) is 7.82. The van der Waals surface area contributed by atoms with Gasteiger partial charge in [-0.05, 0) is 56.4 Å². The van der Waals surface area contributed by atoms with Gasteiger partial charge in [0.05, 0.1) is 6.54 Å². The number of rotatable bonds is 3. The fraction of sp³-hybridized carbons (Fsp3) is 0.529. The standard InChI is InChI=1S/C17H22N2O2/c1-13(20)14-5-6-16-15(11-14)7-10-19(16)12-17(21)18-8-3-2-4-9-18/h5-6,11H,2-4,7-10,12H2,1H3. The van der Waals surface area contributed by atoms with Gasteiger partial charge in [0.1, 0.15) is 0 Å². The highest BCUT2D eigenvalue weighted by Gasteiger charge is 2.24. The van der Waals surface area contributed by atoms with E-state index in [9.17, 15) is 9.59 Å². The summed E-state index contributed by atoms with van der Waals surface area (Å²) in [4.78, 5) is 27.9. The van der Waals surface area contributed by atoms with Crippen LogP contribution in [0.25, 0.3) is 0 Å². The third-order valence-corrected chi connectivity index (χ3v) is 4.51. The minimum atomic E-state index is 0.0978. The lowest BCUT2D eigenvalue weighted by atomic mass is 10.1. The maximum Gasteiger partial charge on any atom is 0.242 e. The molecule has 0 aliphatic carbocycles. The van der Waals surface area contributed by atoms with E-state index in [1.54, 1.807) is 6.92 Å². The summed E-state index contributed by atoms with van der Waals surface area (Å²) in [6.07, 6.45) is 4.42. The SMILES string of the molecule is CC(=O)c1ccc2c(c1)CCN2CC(=O)N1CCCCC1. The molecule has 0 unspecified atom stereocenters. The highest BCUT2D eigenvalue weighted by molar-refractivity contribution is 5.95. The number of nitrogens with zero attached hydrogens (tertiary/aromatic N) is 2. The van der Waals surface area contributed by atoms with Crippen LogP contribution >= 0.6 is 0 Å². The first-order chi connectivity index (χ1) is 10.1. The van der Waals surface area contributed by atoms with Gasteiger partial charge in [-0.25, -0.2) is 0 Å². The van der Waals surface area contributed by atoms with Crippen molar-refractivity contribution < 1.29 is 9.59 Å². The lowest BCUT2D eigenvalue weighted by Gasteiger charge is -2.29. The second-order valence-corrected chi connectivity index (χ2v) is 6.01. The highest BCUT2D eigenvalue weighted by Crippen LogP contribution is 2.29. The monoisotopic (exact) mass is 286 g/mol. The summed E-state index contributed by atoms with van der Waals surface area (Å²) in [5.74, 6) is 0.332. The maximum absolute atomic E-state index is 12.4. The van der Waals surface area contributed by atoms with Crippen molar-refractivity contribution in [2.45, 2.75) is 32.6 Å². The second-order valence-electron chi connectivity index (χ2n) is 6.01. The van der Waals surface area contributed by atoms with Crippen molar-refractivity contribution in [1.29, 1.82) is 0 Å². The minimum Gasteiger partial charge on any atom is -0.362 e. The maximum atomic E-state index is 12.4. The molecule has 0 spiro atoms. The molecule has 1 aromatic carbocycles. The normalized spacial score (nSPS) is 17.8. The number of Topliss-reactive ketones (excluding diaryl/α,β-unsaturated/α-hetero) is 1. The molecule has 0 radical (unpaired) electrons. The van der Waals surface area contributed by atoms with Gasteiger partial charge in [-0.2, -0.15) is 0 Å². The molecule has 4 nitrogen and oxygen atoms in total. The third-order valence-electron chi connectivity index (χ3n) is 4.51. The molecule has 3 rings (SSSR count). The van der Waals surface area contributed by atoms with Crippen molar-refractivity contribution in [1.82, 2.24) is 4.90 Å². The van der Waals surface area contributed by atoms with Gasteiger partial charge in [0.2, 0.25) is 5.91 Å². The van der Waals surface area contributed by atoms with E-state index >= 15 is 0 Å². The van der Waals surface area contributed by atoms with E-state index in [-0.39, 0.29) is 11.7 Å². The zero-order chi connectivity index (χ0) is 14.8. The lowest BCUT2D eigenvalue weighted by Crippen LogP contribution is -2.42. The molecule has 2 aliphatic heterocycles. The number of piperidine rings is 1. The molecule has 21 heavy (non-hydrogen) atoms. The zero-order valence-electron chi connectivity index (χ0n) is 12.6. The molecule has 2 heterocycles. The molecule has 1 fully saturated rings. The Kier molecular flexibility index (Phi) is 3.95. The van der Waals surface area contributed by atoms with E-state index in [0.717, 1.165) is 50.1 Å². The second kappa shape index (κ2) is 5.88. The van der Waals surface area contributed by atoms with Crippen molar-refractivity contribution >= 4 is 17.4 Å². The van der Waals surface area contributed by atoms with Crippen molar-refractivity contribution in [3.63, 3.8) is 0 Å². The third kappa shape index (κ3) is 2.94. The molecule has 0 atom stereocenters. The van der Waals surface area contributed by atoms with E-state index in [0.29, 0.717) is 6.54 Å². The summed E-state index contributed by atoms with van der Waals surface area (Å²) in [6.45, 7) is 4.74. The number of hydrogen-bond acceptors (Lipinski definition) is 3. The first-order valence-corrected chi connectivity index (χ1v) is 7.82. The summed E-state index contributed by atoms with van der Waals surface area (Å²) in [5, 5.41) is 0. The lowest BCUT2D eigenvalue weighted by molar-refractivity contribution is -0.130. The van der Waals surface area contributed by atoms with Crippen LogP contribution in [0.1, 0.15) is 42.1 Å². The first kappa shape index (κ1) is 14.1. The Morgan fingerprint density at radius 2 is 1.86 bits per heavy atom. The number of likely N-dealkylation sites (tertiary alicyclic amines) is 1. The van der Waals surface area contributed by atoms with Crippen LogP contribution in [0.2, 0.25) is 0 Å². The number of anilines is 1. The molecule has 1 amide bonds. The Morgan fingerprint density at radius 3 is 2.57 bits per heavy atom. The molecule has 112 valence electrons. The van der Waals surface area contributed by atoms with E-state index in [4.69, 9.17) is 0 Å². The number of carbonyl (C=O) groups excluding carboxylic acids is 2. The minimum absolute atomic E-state index is 0.0978. The van der Waals surface area contributed by atoms with Crippen molar-refractivity contribution in [3.8, 4) is 0 Å². The zero-order valence-corrected chi connectivity index (χ0v) is 12.6. The van der Waals surface area contributed by atoms with Crippen molar-refractivity contribution in [2.24, 2.45) is 0 Å². The fourth-order valence-electron chi connectivity index (χ4n) is 3.26. The van der Waals surface area contributed by atoms with Gasteiger partial charge in [0.25, 0.3) is 0 Å². The van der Waals surface area contributed by atoms with Crippen LogP contribution in [0.5, 0.6) is 0 Å². The van der Waals surface area contributed by atoms with Crippen molar-refractivity contribution in [2.75, 3.05) is 31.1 Å². The Labute approximate surface area is 125 Å². The molecule has 2 aliphatic rings. The fourth-order valence-corrected chi connectivity index (χ4v) is 3.26. The summed E-state index contributed by atoms with van der Waals surface area (Å²) < 4.78 is 0. The van der Waals surface area contributed by atoms with Gasteiger partial charge in [-0.3, -0.25) is 9.59 Å². The average Bonchev–Trinajstić information content (AvgIpc) is 2.90. The Bertz CT molecular complexity index is 562. The topological polar surface area (TPSA) is 40.6 Å². The molecule has 1 aromatic rings. The van der Waals surface area contributed by atoms with Crippen LogP contribution in [0, 0.1) is 0 Å². The largest absolute Gasteiger partial charge is 0.362 e. The highest BCUT2D eigenvalue weighted by atomic mass is 16.2. The molecular weight excluding hydrogens is 264 g/mol. The number of hydrogen-bond donors (Lipinski definition) is 0. The summed E-state index contributed by atoms with van der Waals surface area (Å²) in [5.41, 5.74) is 3.07. The molecule has 0 saturated carbocycles. The number of carbonyl (C=O) groups is 2. The Hall–Kier alpha value is -1.84. The van der Waals surface area contributed by atoms with E-state index < -0.39 is 0 Å². The Balaban J connectivity index is 1.69. The number of amides is 1. The molecule has 0 aromatic heterocycles. The van der Waals surface area contributed by atoms with Gasteiger partial charge in [0, 0.05) is 30.9 Å². The van der Waals surface area contributed by atoms with Crippen LogP contribution in [0.3, 0.4) is 0 Å². The molecule has 0 N–H and O–H groups in total. The van der Waals surface area contributed by atoms with E-state index in [2.05, 4.69) is 4.90 Å². The van der Waals surface area contributed by atoms with Crippen LogP contribution in [-0.2, 0) is 11.2 Å². The number of ketones is 1. The van der Waals surface area contributed by atoms with Gasteiger partial charge in [0.15, 0.2) is 5.78 Å². The quantitative estimate of drug-likeness (QED) is 0.800. The summed E-state index contributed by atoms with van der Waals surface area (Å²) in [6, 6.07) is 5.83. The van der Waals surface area contributed by atoms with E-state index in [1.807, 2.05) is 23.1 Å². The number of benzene rings is 1. The van der Waals surface area contributed by atoms with Gasteiger partial charge in [-0.15, -0.1) is 0 Å². The van der Waals surface area contributed by atoms with Crippen LogP contribution in [0.4, 0.5) is 5.69 Å². The smallest absolute Gasteiger partial charge is 0.242 e. The summed E-state index contributed by atoms with van der Waals surface area (Å²) >= 11 is 0. The van der Waals surface area contributed by atoms with Crippen LogP contribution < -0.4 is 4.90 Å². The predicted octanol–water partition coefficient (Wildman–Crippen LogP) is 2.26. The van der Waals surface area contributed by atoms with Gasteiger partial charge in [-0.1, -0.05) is 0 Å². The Morgan fingerprint density at radius 1 is 1.10 bits per heavy atom. The van der Waals surface area contributed by atoms with Crippen LogP contribution in [0.15, 0.2) is 18.2 Å². The van der Waals surface area contributed by atoms with Crippen LogP contribution in [-0.4, -0.2) is 42.8 Å². The average molecular weight is 286 g/mol. The molecule has 4 heteroatoms. The molecule has 1 saturated heterocycles. The van der Waals surface area contributed by atoms with Gasteiger partial charge < -0.3 is 9.80 Å². The number of fused-ring (bicyclic) bond motifs is 1. The van der Waals surface area contributed by atoms with Crippen molar-refractivity contribution in [3.05, 3.63) is 29.3 Å². The van der Waals surface area contributed by atoms with Gasteiger partial charge >= 0.3 is 0 Å². The summed E-state index contributed by atoms with van der Waals surface area (Å²) in [7, 11) is 0.